The third-order valence-corrected chi connectivity index (χ3v) is 5.81. The van der Waals surface area contributed by atoms with Gasteiger partial charge < -0.3 is 19.9 Å². The number of phenols is 1. The van der Waals surface area contributed by atoms with Crippen LogP contribution in [0.15, 0.2) is 30.5 Å². The van der Waals surface area contributed by atoms with Crippen LogP contribution in [0.1, 0.15) is 35.8 Å². The molecule has 4 atom stereocenters. The maximum absolute atomic E-state index is 14.0. The van der Waals surface area contributed by atoms with Crippen molar-refractivity contribution in [3.05, 3.63) is 53.4 Å². The number of pyridine rings is 1. The van der Waals surface area contributed by atoms with Crippen LogP contribution in [0.2, 0.25) is 0 Å². The fourth-order valence-electron chi connectivity index (χ4n) is 3.78. The van der Waals surface area contributed by atoms with Gasteiger partial charge in [0, 0.05) is 29.3 Å². The number of nitrogens with zero attached hydrogens (tertiary/aromatic N) is 1. The van der Waals surface area contributed by atoms with Crippen LogP contribution in [0.4, 0.5) is 27.6 Å². The van der Waals surface area contributed by atoms with E-state index in [9.17, 15) is 36.6 Å². The summed E-state index contributed by atoms with van der Waals surface area (Å²) in [6.07, 6.45) is -5.61. The lowest BCUT2D eigenvalue weighted by Gasteiger charge is -2.31. The summed E-state index contributed by atoms with van der Waals surface area (Å²) in [7, 11) is 1.11. The van der Waals surface area contributed by atoms with Crippen LogP contribution >= 0.6 is 0 Å². The fraction of sp³-hybridized carbons (Fsp3) is 0.381. The summed E-state index contributed by atoms with van der Waals surface area (Å²) in [5, 5.41) is 12.4. The first-order valence-corrected chi connectivity index (χ1v) is 9.58. The number of benzene rings is 1. The SMILES string of the molecule is COC(=O)c1cc(NC(=O)[C@@H]2O[C@@](C)(C(F)(F)F)[C@@H](C)[C@H]2c2ccc(F)c(F)c2O)ccn1. The van der Waals surface area contributed by atoms with Gasteiger partial charge in [-0.15, -0.1) is 0 Å². The molecule has 2 aromatic rings. The molecule has 1 aliphatic rings. The molecule has 7 nitrogen and oxygen atoms in total. The smallest absolute Gasteiger partial charge is 0.417 e. The van der Waals surface area contributed by atoms with E-state index in [4.69, 9.17) is 4.74 Å². The molecule has 2 N–H and O–H groups in total. The zero-order chi connectivity index (χ0) is 24.7. The molecule has 1 saturated heterocycles. The van der Waals surface area contributed by atoms with Crippen LogP contribution in [0.25, 0.3) is 0 Å². The number of carbonyl (C=O) groups is 2. The number of ether oxygens (including phenoxy) is 2. The fourth-order valence-corrected chi connectivity index (χ4v) is 3.78. The van der Waals surface area contributed by atoms with E-state index in [0.717, 1.165) is 33.1 Å². The van der Waals surface area contributed by atoms with E-state index < -0.39 is 64.5 Å². The summed E-state index contributed by atoms with van der Waals surface area (Å²) in [6.45, 7) is 1.87. The Hall–Kier alpha value is -3.28. The highest BCUT2D eigenvalue weighted by Crippen LogP contribution is 2.54. The standard InChI is InChI=1S/C21H19F5N2O5/c1-9-14(11-4-5-12(22)15(23)16(11)29)17(33-20(9,2)21(24,25)26)18(30)28-10-6-7-27-13(8-10)19(31)32-3/h4-9,14,17,29H,1-3H3,(H,27,28,30)/t9-,14-,17+,20+/m0/s1. The predicted molar refractivity (Wildman–Crippen MR) is 103 cm³/mol. The molecular formula is C21H19F5N2O5. The third kappa shape index (κ3) is 4.22. The van der Waals surface area contributed by atoms with Gasteiger partial charge in [-0.25, -0.2) is 14.2 Å². The number of aromatic nitrogens is 1. The average Bonchev–Trinajstić information content (AvgIpc) is 3.04. The number of carbonyl (C=O) groups excluding carboxylic acids is 2. The first-order valence-electron chi connectivity index (χ1n) is 9.58. The van der Waals surface area contributed by atoms with Crippen molar-refractivity contribution in [2.45, 2.75) is 37.6 Å². The largest absolute Gasteiger partial charge is 0.505 e. The van der Waals surface area contributed by atoms with Crippen molar-refractivity contribution in [2.75, 3.05) is 12.4 Å². The van der Waals surface area contributed by atoms with Gasteiger partial charge in [-0.3, -0.25) is 4.79 Å². The lowest BCUT2D eigenvalue weighted by molar-refractivity contribution is -0.272. The van der Waals surface area contributed by atoms with Gasteiger partial charge in [0.25, 0.3) is 5.91 Å². The first kappa shape index (κ1) is 24.4. The number of hydrogen-bond donors (Lipinski definition) is 2. The Morgan fingerprint density at radius 2 is 1.91 bits per heavy atom. The second kappa shape index (κ2) is 8.58. The highest BCUT2D eigenvalue weighted by molar-refractivity contribution is 5.96. The zero-order valence-corrected chi connectivity index (χ0v) is 17.5. The van der Waals surface area contributed by atoms with Crippen LogP contribution < -0.4 is 5.32 Å². The Labute approximate surface area is 184 Å². The number of aromatic hydroxyl groups is 1. The molecule has 1 aromatic carbocycles. The minimum absolute atomic E-state index is 0.000485. The summed E-state index contributed by atoms with van der Waals surface area (Å²) in [5.74, 6) is -9.12. The highest BCUT2D eigenvalue weighted by atomic mass is 19.4. The van der Waals surface area contributed by atoms with Gasteiger partial charge in [-0.1, -0.05) is 13.0 Å². The summed E-state index contributed by atoms with van der Waals surface area (Å²) in [4.78, 5) is 28.4. The topological polar surface area (TPSA) is 97.8 Å². The molecule has 1 amide bonds. The second-order valence-corrected chi connectivity index (χ2v) is 7.67. The molecule has 178 valence electrons. The molecule has 0 spiro atoms. The van der Waals surface area contributed by atoms with Crippen LogP contribution in [0, 0.1) is 17.6 Å². The number of halogens is 5. The molecule has 0 radical (unpaired) electrons. The molecule has 1 aromatic heterocycles. The number of phenolic OH excluding ortho intramolecular Hbond substituents is 1. The monoisotopic (exact) mass is 474 g/mol. The lowest BCUT2D eigenvalue weighted by Crippen LogP contribution is -2.47. The molecule has 0 aliphatic carbocycles. The van der Waals surface area contributed by atoms with Crippen molar-refractivity contribution in [3.63, 3.8) is 0 Å². The molecule has 0 bridgehead atoms. The molecule has 1 fully saturated rings. The molecule has 33 heavy (non-hydrogen) atoms. The van der Waals surface area contributed by atoms with Crippen molar-refractivity contribution in [2.24, 2.45) is 5.92 Å². The van der Waals surface area contributed by atoms with E-state index in [2.05, 4.69) is 15.0 Å². The van der Waals surface area contributed by atoms with E-state index in [0.29, 0.717) is 6.07 Å². The van der Waals surface area contributed by atoms with E-state index in [1.165, 1.54) is 12.3 Å². The van der Waals surface area contributed by atoms with Crippen molar-refractivity contribution in [1.82, 2.24) is 4.98 Å². The van der Waals surface area contributed by atoms with Crippen LogP contribution in [-0.2, 0) is 14.3 Å². The number of rotatable bonds is 4. The van der Waals surface area contributed by atoms with Gasteiger partial charge in [0.2, 0.25) is 5.82 Å². The number of esters is 1. The Balaban J connectivity index is 2.03. The number of amides is 1. The molecule has 3 rings (SSSR count). The predicted octanol–water partition coefficient (Wildman–Crippen LogP) is 3.93. The van der Waals surface area contributed by atoms with Gasteiger partial charge in [-0.2, -0.15) is 17.6 Å². The van der Waals surface area contributed by atoms with Crippen LogP contribution in [-0.4, -0.2) is 47.0 Å². The molecule has 0 unspecified atom stereocenters. The Kier molecular flexibility index (Phi) is 6.33. The van der Waals surface area contributed by atoms with Crippen molar-refractivity contribution in [3.8, 4) is 5.75 Å². The molecule has 1 aliphatic heterocycles. The Morgan fingerprint density at radius 1 is 1.24 bits per heavy atom. The van der Waals surface area contributed by atoms with Crippen LogP contribution in [0.3, 0.4) is 0 Å². The van der Waals surface area contributed by atoms with Gasteiger partial charge in [0.1, 0.15) is 11.8 Å². The lowest BCUT2D eigenvalue weighted by atomic mass is 9.77. The number of anilines is 1. The van der Waals surface area contributed by atoms with E-state index in [1.54, 1.807) is 0 Å². The average molecular weight is 474 g/mol. The number of methoxy groups -OCH3 is 1. The van der Waals surface area contributed by atoms with Gasteiger partial charge >= 0.3 is 12.1 Å². The maximum atomic E-state index is 14.0. The van der Waals surface area contributed by atoms with Crippen LogP contribution in [0.5, 0.6) is 5.75 Å². The molecule has 12 heteroatoms. The van der Waals surface area contributed by atoms with E-state index in [1.807, 2.05) is 0 Å². The number of alkyl halides is 3. The van der Waals surface area contributed by atoms with Gasteiger partial charge in [-0.05, 0) is 25.1 Å². The first-order chi connectivity index (χ1) is 15.3. The summed E-state index contributed by atoms with van der Waals surface area (Å²) < 4.78 is 78.8. The molecule has 0 saturated carbocycles. The highest BCUT2D eigenvalue weighted by Gasteiger charge is 2.65. The molecular weight excluding hydrogens is 455 g/mol. The maximum Gasteiger partial charge on any atom is 0.417 e. The van der Waals surface area contributed by atoms with Gasteiger partial charge in [0.15, 0.2) is 17.2 Å². The van der Waals surface area contributed by atoms with Crippen molar-refractivity contribution < 1.29 is 46.1 Å². The van der Waals surface area contributed by atoms with Crippen molar-refractivity contribution in [1.29, 1.82) is 0 Å². The number of hydrogen-bond acceptors (Lipinski definition) is 6. The third-order valence-electron chi connectivity index (χ3n) is 5.81. The summed E-state index contributed by atoms with van der Waals surface area (Å²) in [6, 6.07) is 3.95. The quantitative estimate of drug-likeness (QED) is 0.515. The minimum Gasteiger partial charge on any atom is -0.505 e. The number of nitrogens with one attached hydrogen (secondary N) is 1. The summed E-state index contributed by atoms with van der Waals surface area (Å²) in [5.41, 5.74) is -3.43. The van der Waals surface area contributed by atoms with E-state index in [-0.39, 0.29) is 11.4 Å². The van der Waals surface area contributed by atoms with Gasteiger partial charge in [0.05, 0.1) is 7.11 Å². The second-order valence-electron chi connectivity index (χ2n) is 7.67. The van der Waals surface area contributed by atoms with Crippen molar-refractivity contribution >= 4 is 17.6 Å². The normalized spacial score (nSPS) is 25.0. The molecule has 2 heterocycles. The Bertz CT molecular complexity index is 1090. The Morgan fingerprint density at radius 3 is 2.52 bits per heavy atom. The minimum atomic E-state index is -4.93. The van der Waals surface area contributed by atoms with E-state index >= 15 is 0 Å². The summed E-state index contributed by atoms with van der Waals surface area (Å²) >= 11 is 0. The zero-order valence-electron chi connectivity index (χ0n) is 17.5.